The molecule has 2 N–H and O–H groups in total. The zero-order chi connectivity index (χ0) is 18.4. The number of benzene rings is 2. The molecule has 0 aliphatic carbocycles. The van der Waals surface area contributed by atoms with E-state index in [1.807, 2.05) is 31.2 Å². The second-order valence-electron chi connectivity index (χ2n) is 7.11. The Morgan fingerprint density at radius 3 is 1.84 bits per heavy atom. The molecule has 0 spiro atoms. The number of carbonyl (C=O) groups excluding carboxylic acids is 2. The van der Waals surface area contributed by atoms with E-state index >= 15 is 0 Å². The molecule has 0 fully saturated rings. The lowest BCUT2D eigenvalue weighted by molar-refractivity contribution is 0.0951. The lowest BCUT2D eigenvalue weighted by Crippen LogP contribution is -2.24. The number of nitrogens with one attached hydrogen (secondary N) is 2. The van der Waals surface area contributed by atoms with Gasteiger partial charge in [-0.25, -0.2) is 0 Å². The second kappa shape index (κ2) is 7.97. The normalized spacial score (nSPS) is 11.0. The predicted molar refractivity (Wildman–Crippen MR) is 102 cm³/mol. The Kier molecular flexibility index (Phi) is 5.97. The summed E-state index contributed by atoms with van der Waals surface area (Å²) < 4.78 is 0. The number of hydrogen-bond donors (Lipinski definition) is 2. The lowest BCUT2D eigenvalue weighted by atomic mass is 9.87. The van der Waals surface area contributed by atoms with Crippen LogP contribution in [0.25, 0.3) is 0 Å². The Balaban J connectivity index is 2.02. The molecule has 2 aromatic rings. The van der Waals surface area contributed by atoms with E-state index in [0.29, 0.717) is 17.7 Å². The van der Waals surface area contributed by atoms with Gasteiger partial charge in [0.2, 0.25) is 0 Å². The van der Waals surface area contributed by atoms with Crippen molar-refractivity contribution in [3.63, 3.8) is 0 Å². The van der Waals surface area contributed by atoms with Gasteiger partial charge in [-0.2, -0.15) is 0 Å². The van der Waals surface area contributed by atoms with Gasteiger partial charge in [0.05, 0.1) is 0 Å². The molecule has 0 unspecified atom stereocenters. The highest BCUT2D eigenvalue weighted by atomic mass is 16.2. The minimum Gasteiger partial charge on any atom is -0.352 e. The quantitative estimate of drug-likeness (QED) is 0.850. The summed E-state index contributed by atoms with van der Waals surface area (Å²) in [6.45, 7) is 9.10. The highest BCUT2D eigenvalue weighted by Gasteiger charge is 2.13. The van der Waals surface area contributed by atoms with Crippen molar-refractivity contribution in [2.75, 3.05) is 11.9 Å². The summed E-state index contributed by atoms with van der Waals surface area (Å²) in [5, 5.41) is 5.70. The molecule has 0 aliphatic heterocycles. The largest absolute Gasteiger partial charge is 0.352 e. The molecule has 2 rings (SSSR count). The summed E-state index contributed by atoms with van der Waals surface area (Å²) in [5.74, 6) is -0.310. The molecule has 4 heteroatoms. The van der Waals surface area contributed by atoms with E-state index in [0.717, 1.165) is 12.1 Å². The minimum atomic E-state index is -0.191. The molecule has 0 atom stereocenters. The van der Waals surface area contributed by atoms with Crippen molar-refractivity contribution in [2.45, 2.75) is 39.5 Å². The number of amides is 2. The summed E-state index contributed by atoms with van der Waals surface area (Å²) in [6.07, 6.45) is 0.889. The average molecular weight is 338 g/mol. The van der Waals surface area contributed by atoms with Gasteiger partial charge in [-0.3, -0.25) is 9.59 Å². The zero-order valence-electron chi connectivity index (χ0n) is 15.3. The van der Waals surface area contributed by atoms with Crippen LogP contribution in [0.1, 0.15) is 60.4 Å². The molecule has 0 aliphatic rings. The molecule has 4 nitrogen and oxygen atoms in total. The Morgan fingerprint density at radius 1 is 0.840 bits per heavy atom. The molecule has 0 radical (unpaired) electrons. The Morgan fingerprint density at radius 2 is 1.36 bits per heavy atom. The average Bonchev–Trinajstić information content (AvgIpc) is 2.59. The number of anilines is 1. The SMILES string of the molecule is CCCNC(=O)c1ccc(C(=O)Nc2ccc(C(C)(C)C)cc2)cc1. The molecule has 25 heavy (non-hydrogen) atoms. The van der Waals surface area contributed by atoms with Crippen LogP contribution >= 0.6 is 0 Å². The maximum absolute atomic E-state index is 12.3. The number of hydrogen-bond acceptors (Lipinski definition) is 2. The predicted octanol–water partition coefficient (Wildman–Crippen LogP) is 4.38. The van der Waals surface area contributed by atoms with Gasteiger partial charge in [0.25, 0.3) is 11.8 Å². The molecule has 0 saturated heterocycles. The Hall–Kier alpha value is -2.62. The smallest absolute Gasteiger partial charge is 0.255 e. The fourth-order valence-corrected chi connectivity index (χ4v) is 2.37. The van der Waals surface area contributed by atoms with Crippen LogP contribution in [0.4, 0.5) is 5.69 Å². The van der Waals surface area contributed by atoms with Gasteiger partial charge in [0.1, 0.15) is 0 Å². The van der Waals surface area contributed by atoms with E-state index in [4.69, 9.17) is 0 Å². The fourth-order valence-electron chi connectivity index (χ4n) is 2.37. The maximum Gasteiger partial charge on any atom is 0.255 e. The van der Waals surface area contributed by atoms with E-state index < -0.39 is 0 Å². The van der Waals surface area contributed by atoms with Crippen molar-refractivity contribution < 1.29 is 9.59 Å². The zero-order valence-corrected chi connectivity index (χ0v) is 15.3. The Labute approximate surface area is 149 Å². The minimum absolute atomic E-state index is 0.0801. The van der Waals surface area contributed by atoms with E-state index in [-0.39, 0.29) is 17.2 Å². The van der Waals surface area contributed by atoms with Crippen molar-refractivity contribution in [1.82, 2.24) is 5.32 Å². The fraction of sp³-hybridized carbons (Fsp3) is 0.333. The second-order valence-corrected chi connectivity index (χ2v) is 7.11. The topological polar surface area (TPSA) is 58.2 Å². The first kappa shape index (κ1) is 18.7. The van der Waals surface area contributed by atoms with E-state index in [1.165, 1.54) is 5.56 Å². The molecular weight excluding hydrogens is 312 g/mol. The van der Waals surface area contributed by atoms with E-state index in [1.54, 1.807) is 24.3 Å². The molecule has 0 bridgehead atoms. The molecule has 2 amide bonds. The summed E-state index contributed by atoms with van der Waals surface area (Å²) in [4.78, 5) is 24.2. The third kappa shape index (κ3) is 5.18. The number of rotatable bonds is 5. The van der Waals surface area contributed by atoms with Crippen molar-refractivity contribution in [3.8, 4) is 0 Å². The van der Waals surface area contributed by atoms with Crippen LogP contribution in [0.3, 0.4) is 0 Å². The van der Waals surface area contributed by atoms with Gasteiger partial charge in [-0.1, -0.05) is 39.8 Å². The summed E-state index contributed by atoms with van der Waals surface area (Å²) in [6, 6.07) is 14.5. The highest BCUT2D eigenvalue weighted by molar-refractivity contribution is 6.05. The first-order valence-corrected chi connectivity index (χ1v) is 8.61. The van der Waals surface area contributed by atoms with Crippen molar-refractivity contribution in [2.24, 2.45) is 0 Å². The maximum atomic E-state index is 12.3. The van der Waals surface area contributed by atoms with Crippen LogP contribution in [0.15, 0.2) is 48.5 Å². The van der Waals surface area contributed by atoms with Crippen molar-refractivity contribution >= 4 is 17.5 Å². The summed E-state index contributed by atoms with van der Waals surface area (Å²) in [5.41, 5.74) is 3.12. The lowest BCUT2D eigenvalue weighted by Gasteiger charge is -2.19. The Bertz CT molecular complexity index is 726. The summed E-state index contributed by atoms with van der Waals surface area (Å²) in [7, 11) is 0. The first-order chi connectivity index (χ1) is 11.8. The van der Waals surface area contributed by atoms with Crippen LogP contribution in [-0.4, -0.2) is 18.4 Å². The van der Waals surface area contributed by atoms with Crippen LogP contribution in [0.5, 0.6) is 0 Å². The molecular formula is C21H26N2O2. The van der Waals surface area contributed by atoms with Gasteiger partial charge in [-0.15, -0.1) is 0 Å². The molecule has 0 heterocycles. The van der Waals surface area contributed by atoms with Gasteiger partial charge in [-0.05, 0) is 53.8 Å². The molecule has 0 aromatic heterocycles. The van der Waals surface area contributed by atoms with E-state index in [2.05, 4.69) is 31.4 Å². The molecule has 2 aromatic carbocycles. The van der Waals surface area contributed by atoms with Gasteiger partial charge >= 0.3 is 0 Å². The molecule has 132 valence electrons. The third-order valence-electron chi connectivity index (χ3n) is 3.95. The standard InChI is InChI=1S/C21H26N2O2/c1-5-14-22-19(24)15-6-8-16(9-7-15)20(25)23-18-12-10-17(11-13-18)21(2,3)4/h6-13H,5,14H2,1-4H3,(H,22,24)(H,23,25). The van der Waals surface area contributed by atoms with Gasteiger partial charge in [0.15, 0.2) is 0 Å². The van der Waals surface area contributed by atoms with Gasteiger partial charge < -0.3 is 10.6 Å². The van der Waals surface area contributed by atoms with Crippen LogP contribution < -0.4 is 10.6 Å². The highest BCUT2D eigenvalue weighted by Crippen LogP contribution is 2.23. The van der Waals surface area contributed by atoms with E-state index in [9.17, 15) is 9.59 Å². The van der Waals surface area contributed by atoms with Crippen molar-refractivity contribution in [1.29, 1.82) is 0 Å². The third-order valence-corrected chi connectivity index (χ3v) is 3.95. The van der Waals surface area contributed by atoms with Crippen LogP contribution in [0.2, 0.25) is 0 Å². The monoisotopic (exact) mass is 338 g/mol. The molecule has 0 saturated carbocycles. The number of carbonyl (C=O) groups is 2. The van der Waals surface area contributed by atoms with Crippen molar-refractivity contribution in [3.05, 3.63) is 65.2 Å². The van der Waals surface area contributed by atoms with Gasteiger partial charge in [0, 0.05) is 23.4 Å². The summed E-state index contributed by atoms with van der Waals surface area (Å²) >= 11 is 0. The van der Waals surface area contributed by atoms with Crippen LogP contribution in [-0.2, 0) is 5.41 Å². The van der Waals surface area contributed by atoms with Crippen LogP contribution in [0, 0.1) is 0 Å². The first-order valence-electron chi connectivity index (χ1n) is 8.61.